The van der Waals surface area contributed by atoms with Crippen LogP contribution in [0.3, 0.4) is 0 Å². The smallest absolute Gasteiger partial charge is 0.247 e. The van der Waals surface area contributed by atoms with Gasteiger partial charge in [0.1, 0.15) is 0 Å². The molecule has 0 aliphatic rings. The topological polar surface area (TPSA) is 71.8 Å². The molecule has 0 saturated carbocycles. The summed E-state index contributed by atoms with van der Waals surface area (Å²) in [4.78, 5) is 14.6. The van der Waals surface area contributed by atoms with Gasteiger partial charge < -0.3 is 19.1 Å². The first-order valence-electron chi connectivity index (χ1n) is 9.27. The normalized spacial score (nSPS) is 11.6. The summed E-state index contributed by atoms with van der Waals surface area (Å²) in [5.41, 5.74) is 2.33. The second kappa shape index (κ2) is 10.2. The number of ether oxygens (including phenoxy) is 3. The summed E-state index contributed by atoms with van der Waals surface area (Å²) >= 11 is 0. The zero-order valence-corrected chi connectivity index (χ0v) is 17.4. The number of rotatable bonds is 8. The molecule has 0 radical (unpaired) electrons. The maximum atomic E-state index is 12.8. The Morgan fingerprint density at radius 2 is 1.69 bits per heavy atom. The fourth-order valence-electron chi connectivity index (χ4n) is 3.10. The van der Waals surface area contributed by atoms with E-state index in [1.165, 1.54) is 6.08 Å². The van der Waals surface area contributed by atoms with Crippen LogP contribution in [0.5, 0.6) is 17.2 Å². The molecule has 0 saturated heterocycles. The van der Waals surface area contributed by atoms with Crippen molar-refractivity contribution in [2.75, 3.05) is 27.9 Å². The van der Waals surface area contributed by atoms with E-state index in [1.807, 2.05) is 26.0 Å². The van der Waals surface area contributed by atoms with Gasteiger partial charge in [0.25, 0.3) is 0 Å². The quantitative estimate of drug-likeness (QED) is 0.627. The third-order valence-electron chi connectivity index (χ3n) is 4.72. The predicted molar refractivity (Wildman–Crippen MR) is 112 cm³/mol. The number of methoxy groups -OCH3 is 3. The van der Waals surface area contributed by atoms with Crippen molar-refractivity contribution >= 4 is 12.0 Å². The zero-order valence-electron chi connectivity index (χ0n) is 17.4. The molecule has 0 heterocycles. The van der Waals surface area contributed by atoms with E-state index in [9.17, 15) is 4.79 Å². The minimum atomic E-state index is -0.121. The Kier molecular flexibility index (Phi) is 7.67. The van der Waals surface area contributed by atoms with Crippen molar-refractivity contribution in [3.8, 4) is 23.3 Å². The van der Waals surface area contributed by atoms with Crippen LogP contribution < -0.4 is 14.2 Å². The zero-order chi connectivity index (χ0) is 21.4. The average Bonchev–Trinajstić information content (AvgIpc) is 2.77. The molecule has 6 nitrogen and oxygen atoms in total. The Hall–Kier alpha value is -3.46. The van der Waals surface area contributed by atoms with Gasteiger partial charge in [0, 0.05) is 12.6 Å². The fraction of sp³-hybridized carbons (Fsp3) is 0.304. The highest BCUT2D eigenvalue weighted by molar-refractivity contribution is 5.92. The SMILES string of the molecule is CCN(C(=O)/C=C/c1cc(OC)c(OC)c(OC)c1)C(C)c1ccc(C#N)cc1. The largest absolute Gasteiger partial charge is 0.493 e. The first kappa shape index (κ1) is 21.8. The van der Waals surface area contributed by atoms with Gasteiger partial charge >= 0.3 is 0 Å². The van der Waals surface area contributed by atoms with Gasteiger partial charge in [-0.3, -0.25) is 4.79 Å². The van der Waals surface area contributed by atoms with Gasteiger partial charge in [-0.2, -0.15) is 5.26 Å². The molecule has 0 aliphatic heterocycles. The Balaban J connectivity index is 2.24. The molecule has 29 heavy (non-hydrogen) atoms. The maximum absolute atomic E-state index is 12.8. The summed E-state index contributed by atoms with van der Waals surface area (Å²) in [6, 6.07) is 12.8. The Labute approximate surface area is 171 Å². The molecule has 1 amide bonds. The number of nitriles is 1. The van der Waals surface area contributed by atoms with Gasteiger partial charge in [0.15, 0.2) is 11.5 Å². The van der Waals surface area contributed by atoms with E-state index in [0.29, 0.717) is 29.4 Å². The number of amides is 1. The lowest BCUT2D eigenvalue weighted by molar-refractivity contribution is -0.127. The van der Waals surface area contributed by atoms with E-state index in [1.54, 1.807) is 56.6 Å². The van der Waals surface area contributed by atoms with Crippen LogP contribution in [0.15, 0.2) is 42.5 Å². The number of hydrogen-bond acceptors (Lipinski definition) is 5. The molecule has 0 N–H and O–H groups in total. The van der Waals surface area contributed by atoms with Crippen LogP contribution >= 0.6 is 0 Å². The standard InChI is InChI=1S/C23H26N2O4/c1-6-25(16(2)19-10-7-17(15-24)8-11-19)22(26)12-9-18-13-20(27-3)23(29-5)21(14-18)28-4/h7-14,16H,6H2,1-5H3/b12-9+. The Morgan fingerprint density at radius 1 is 1.10 bits per heavy atom. The molecule has 1 atom stereocenters. The highest BCUT2D eigenvalue weighted by atomic mass is 16.5. The minimum Gasteiger partial charge on any atom is -0.493 e. The van der Waals surface area contributed by atoms with E-state index in [0.717, 1.165) is 11.1 Å². The van der Waals surface area contributed by atoms with Gasteiger partial charge in [0.2, 0.25) is 11.7 Å². The molecule has 152 valence electrons. The average molecular weight is 394 g/mol. The molecular formula is C23H26N2O4. The first-order valence-corrected chi connectivity index (χ1v) is 9.27. The van der Waals surface area contributed by atoms with Crippen LogP contribution in [-0.2, 0) is 4.79 Å². The fourth-order valence-corrected chi connectivity index (χ4v) is 3.10. The van der Waals surface area contributed by atoms with Crippen LogP contribution in [0.2, 0.25) is 0 Å². The lowest BCUT2D eigenvalue weighted by Gasteiger charge is -2.27. The third-order valence-corrected chi connectivity index (χ3v) is 4.72. The Bertz CT molecular complexity index is 888. The molecule has 1 unspecified atom stereocenters. The van der Waals surface area contributed by atoms with Crippen LogP contribution in [0.4, 0.5) is 0 Å². The number of hydrogen-bond donors (Lipinski definition) is 0. The summed E-state index contributed by atoms with van der Waals surface area (Å²) in [6.45, 7) is 4.46. The molecule has 0 aliphatic carbocycles. The van der Waals surface area contributed by atoms with Crippen molar-refractivity contribution in [3.63, 3.8) is 0 Å². The summed E-state index contributed by atoms with van der Waals surface area (Å²) in [7, 11) is 4.64. The molecule has 0 spiro atoms. The second-order valence-electron chi connectivity index (χ2n) is 6.33. The summed E-state index contributed by atoms with van der Waals surface area (Å²) in [6.07, 6.45) is 3.26. The van der Waals surface area contributed by atoms with Crippen molar-refractivity contribution in [1.82, 2.24) is 4.90 Å². The van der Waals surface area contributed by atoms with Gasteiger partial charge in [-0.15, -0.1) is 0 Å². The highest BCUT2D eigenvalue weighted by Crippen LogP contribution is 2.38. The van der Waals surface area contributed by atoms with Crippen molar-refractivity contribution in [2.24, 2.45) is 0 Å². The first-order chi connectivity index (χ1) is 14.0. The van der Waals surface area contributed by atoms with Gasteiger partial charge in [-0.25, -0.2) is 0 Å². The second-order valence-corrected chi connectivity index (χ2v) is 6.33. The van der Waals surface area contributed by atoms with Gasteiger partial charge in [-0.1, -0.05) is 12.1 Å². The van der Waals surface area contributed by atoms with Crippen LogP contribution in [-0.4, -0.2) is 38.7 Å². The molecule has 2 aromatic rings. The van der Waals surface area contributed by atoms with Crippen LogP contribution in [0, 0.1) is 11.3 Å². The summed E-state index contributed by atoms with van der Waals surface area (Å²) < 4.78 is 16.0. The maximum Gasteiger partial charge on any atom is 0.247 e. The monoisotopic (exact) mass is 394 g/mol. The number of benzene rings is 2. The molecular weight excluding hydrogens is 368 g/mol. The van der Waals surface area contributed by atoms with Crippen molar-refractivity contribution in [1.29, 1.82) is 5.26 Å². The van der Waals surface area contributed by atoms with E-state index in [-0.39, 0.29) is 11.9 Å². The lowest BCUT2D eigenvalue weighted by Crippen LogP contribution is -2.32. The van der Waals surface area contributed by atoms with E-state index in [4.69, 9.17) is 19.5 Å². The van der Waals surface area contributed by atoms with Gasteiger partial charge in [-0.05, 0) is 55.3 Å². The highest BCUT2D eigenvalue weighted by Gasteiger charge is 2.18. The van der Waals surface area contributed by atoms with Gasteiger partial charge in [0.05, 0.1) is 39.0 Å². The van der Waals surface area contributed by atoms with Crippen LogP contribution in [0.1, 0.15) is 36.6 Å². The van der Waals surface area contributed by atoms with E-state index in [2.05, 4.69) is 6.07 Å². The third kappa shape index (κ3) is 5.08. The molecule has 0 fully saturated rings. The molecule has 2 aromatic carbocycles. The van der Waals surface area contributed by atoms with Crippen molar-refractivity contribution < 1.29 is 19.0 Å². The number of nitrogens with zero attached hydrogens (tertiary/aromatic N) is 2. The van der Waals surface area contributed by atoms with Crippen molar-refractivity contribution in [3.05, 3.63) is 59.2 Å². The van der Waals surface area contributed by atoms with Crippen LogP contribution in [0.25, 0.3) is 6.08 Å². The summed E-state index contributed by atoms with van der Waals surface area (Å²) in [5.74, 6) is 1.44. The molecule has 0 aromatic heterocycles. The molecule has 6 heteroatoms. The lowest BCUT2D eigenvalue weighted by atomic mass is 10.0. The number of carbonyl (C=O) groups excluding carboxylic acids is 1. The van der Waals surface area contributed by atoms with E-state index >= 15 is 0 Å². The predicted octanol–water partition coefficient (Wildman–Crippen LogP) is 4.21. The van der Waals surface area contributed by atoms with Crippen molar-refractivity contribution in [2.45, 2.75) is 19.9 Å². The number of carbonyl (C=O) groups is 1. The number of likely N-dealkylation sites (N-methyl/N-ethyl adjacent to an activating group) is 1. The molecule has 0 bridgehead atoms. The molecule has 2 rings (SSSR count). The summed E-state index contributed by atoms with van der Waals surface area (Å²) in [5, 5.41) is 8.95. The Morgan fingerprint density at radius 3 is 2.14 bits per heavy atom. The van der Waals surface area contributed by atoms with E-state index < -0.39 is 0 Å². The minimum absolute atomic E-state index is 0.113.